The van der Waals surface area contributed by atoms with Crippen LogP contribution in [0.1, 0.15) is 30.9 Å². The molecule has 1 aliphatic carbocycles. The Bertz CT molecular complexity index is 287. The van der Waals surface area contributed by atoms with Gasteiger partial charge in [-0.3, -0.25) is 0 Å². The molecule has 2 nitrogen and oxygen atoms in total. The number of likely N-dealkylation sites (N-methyl/N-ethyl adjacent to an activating group) is 1. The maximum atomic E-state index is 5.09. The molecule has 0 fully saturated rings. The first-order chi connectivity index (χ1) is 6.42. The zero-order valence-electron chi connectivity index (χ0n) is 7.92. The third-order valence-electron chi connectivity index (χ3n) is 2.61. The molecule has 0 aliphatic heterocycles. The van der Waals surface area contributed by atoms with Gasteiger partial charge in [0, 0.05) is 5.56 Å². The minimum absolute atomic E-state index is 0.362. The minimum atomic E-state index is 0.362. The van der Waals surface area contributed by atoms with E-state index < -0.39 is 0 Å². The summed E-state index contributed by atoms with van der Waals surface area (Å²) in [5.74, 6) is 0. The maximum absolute atomic E-state index is 5.09. The number of rotatable bonds is 3. The van der Waals surface area contributed by atoms with Crippen LogP contribution in [0.3, 0.4) is 0 Å². The number of allylic oxidation sites excluding steroid dienone is 1. The number of hydrogen-bond donors (Lipinski definition) is 1. The topological polar surface area (TPSA) is 25.2 Å². The fourth-order valence-corrected chi connectivity index (χ4v) is 1.96. The molecule has 70 valence electrons. The van der Waals surface area contributed by atoms with E-state index in [1.807, 2.05) is 19.4 Å². The molecule has 0 saturated carbocycles. The summed E-state index contributed by atoms with van der Waals surface area (Å²) in [4.78, 5) is 0. The van der Waals surface area contributed by atoms with Crippen LogP contribution in [-0.2, 0) is 0 Å². The summed E-state index contributed by atoms with van der Waals surface area (Å²) < 4.78 is 5.09. The van der Waals surface area contributed by atoms with Gasteiger partial charge >= 0.3 is 0 Å². The van der Waals surface area contributed by atoms with Crippen molar-refractivity contribution in [3.05, 3.63) is 35.8 Å². The van der Waals surface area contributed by atoms with E-state index >= 15 is 0 Å². The SMILES string of the molecule is CNC(C1=CCCC1)c1ccoc1. The average Bonchev–Trinajstić information content (AvgIpc) is 2.76. The van der Waals surface area contributed by atoms with E-state index in [0.717, 1.165) is 0 Å². The molecular weight excluding hydrogens is 162 g/mol. The van der Waals surface area contributed by atoms with Gasteiger partial charge in [-0.2, -0.15) is 0 Å². The first-order valence-electron chi connectivity index (χ1n) is 4.80. The Morgan fingerprint density at radius 3 is 3.00 bits per heavy atom. The molecule has 1 aromatic rings. The number of hydrogen-bond acceptors (Lipinski definition) is 2. The number of furan rings is 1. The molecule has 1 unspecified atom stereocenters. The molecule has 1 aromatic heterocycles. The van der Waals surface area contributed by atoms with E-state index in [9.17, 15) is 0 Å². The highest BCUT2D eigenvalue weighted by Crippen LogP contribution is 2.30. The van der Waals surface area contributed by atoms with Crippen LogP contribution in [0.15, 0.2) is 34.7 Å². The van der Waals surface area contributed by atoms with Crippen molar-refractivity contribution in [2.75, 3.05) is 7.05 Å². The Morgan fingerprint density at radius 1 is 1.54 bits per heavy atom. The smallest absolute Gasteiger partial charge is 0.0953 e. The van der Waals surface area contributed by atoms with E-state index in [-0.39, 0.29) is 0 Å². The van der Waals surface area contributed by atoms with Gasteiger partial charge in [0.25, 0.3) is 0 Å². The average molecular weight is 177 g/mol. The maximum Gasteiger partial charge on any atom is 0.0953 e. The van der Waals surface area contributed by atoms with Gasteiger partial charge in [0.15, 0.2) is 0 Å². The third-order valence-corrected chi connectivity index (χ3v) is 2.61. The fourth-order valence-electron chi connectivity index (χ4n) is 1.96. The monoisotopic (exact) mass is 177 g/mol. The van der Waals surface area contributed by atoms with Crippen molar-refractivity contribution in [1.29, 1.82) is 0 Å². The lowest BCUT2D eigenvalue weighted by Gasteiger charge is -2.15. The van der Waals surface area contributed by atoms with Gasteiger partial charge in [-0.15, -0.1) is 0 Å². The molecule has 0 radical (unpaired) electrons. The largest absolute Gasteiger partial charge is 0.472 e. The van der Waals surface area contributed by atoms with Crippen molar-refractivity contribution in [3.63, 3.8) is 0 Å². The molecule has 2 heteroatoms. The highest BCUT2D eigenvalue weighted by atomic mass is 16.3. The van der Waals surface area contributed by atoms with Crippen LogP contribution in [-0.4, -0.2) is 7.05 Å². The van der Waals surface area contributed by atoms with Gasteiger partial charge in [-0.05, 0) is 32.4 Å². The van der Waals surface area contributed by atoms with Crippen molar-refractivity contribution in [1.82, 2.24) is 5.32 Å². The second kappa shape index (κ2) is 3.79. The molecule has 0 amide bonds. The Kier molecular flexibility index (Phi) is 2.50. The summed E-state index contributed by atoms with van der Waals surface area (Å²) in [7, 11) is 2.00. The Morgan fingerprint density at radius 2 is 2.46 bits per heavy atom. The van der Waals surface area contributed by atoms with Crippen molar-refractivity contribution < 1.29 is 4.42 Å². The molecule has 1 N–H and O–H groups in total. The summed E-state index contributed by atoms with van der Waals surface area (Å²) in [6.07, 6.45) is 9.64. The van der Waals surface area contributed by atoms with Crippen LogP contribution in [0.5, 0.6) is 0 Å². The zero-order chi connectivity index (χ0) is 9.10. The second-order valence-corrected chi connectivity index (χ2v) is 3.45. The first-order valence-corrected chi connectivity index (χ1v) is 4.80. The predicted octanol–water partition coefficient (Wildman–Crippen LogP) is 2.65. The van der Waals surface area contributed by atoms with E-state index in [4.69, 9.17) is 4.42 Å². The van der Waals surface area contributed by atoms with Gasteiger partial charge in [0.2, 0.25) is 0 Å². The molecule has 0 bridgehead atoms. The Balaban J connectivity index is 2.18. The van der Waals surface area contributed by atoms with Crippen LogP contribution >= 0.6 is 0 Å². The second-order valence-electron chi connectivity index (χ2n) is 3.45. The fraction of sp³-hybridized carbons (Fsp3) is 0.455. The van der Waals surface area contributed by atoms with Gasteiger partial charge in [-0.25, -0.2) is 0 Å². The molecule has 1 aliphatic rings. The predicted molar refractivity (Wildman–Crippen MR) is 52.4 cm³/mol. The van der Waals surface area contributed by atoms with E-state index in [1.54, 1.807) is 6.26 Å². The van der Waals surface area contributed by atoms with Crippen LogP contribution < -0.4 is 5.32 Å². The minimum Gasteiger partial charge on any atom is -0.472 e. The lowest BCUT2D eigenvalue weighted by Crippen LogP contribution is -2.17. The standard InChI is InChI=1S/C11H15NO/c1-12-11(9-4-2-3-5-9)10-6-7-13-8-10/h4,6-8,11-12H,2-3,5H2,1H3. The molecular formula is C11H15NO. The van der Waals surface area contributed by atoms with Gasteiger partial charge in [-0.1, -0.05) is 11.6 Å². The van der Waals surface area contributed by atoms with Crippen LogP contribution in [0, 0.1) is 0 Å². The van der Waals surface area contributed by atoms with E-state index in [1.165, 1.54) is 30.4 Å². The quantitative estimate of drug-likeness (QED) is 0.718. The van der Waals surface area contributed by atoms with Crippen molar-refractivity contribution in [3.8, 4) is 0 Å². The zero-order valence-corrected chi connectivity index (χ0v) is 7.92. The molecule has 1 atom stereocenters. The van der Waals surface area contributed by atoms with Gasteiger partial charge in [0.1, 0.15) is 0 Å². The molecule has 1 heterocycles. The lowest BCUT2D eigenvalue weighted by atomic mass is 10.0. The number of nitrogens with one attached hydrogen (secondary N) is 1. The third kappa shape index (κ3) is 1.68. The van der Waals surface area contributed by atoms with Crippen molar-refractivity contribution in [2.24, 2.45) is 0 Å². The Labute approximate surface area is 78.6 Å². The molecule has 0 saturated heterocycles. The van der Waals surface area contributed by atoms with Crippen molar-refractivity contribution in [2.45, 2.75) is 25.3 Å². The normalized spacial score (nSPS) is 18.7. The lowest BCUT2D eigenvalue weighted by molar-refractivity contribution is 0.555. The summed E-state index contributed by atoms with van der Waals surface area (Å²) in [5, 5.41) is 3.32. The summed E-state index contributed by atoms with van der Waals surface area (Å²) >= 11 is 0. The van der Waals surface area contributed by atoms with Gasteiger partial charge in [0.05, 0.1) is 18.6 Å². The van der Waals surface area contributed by atoms with Gasteiger partial charge < -0.3 is 9.73 Å². The first kappa shape index (κ1) is 8.57. The Hall–Kier alpha value is -1.02. The molecule has 2 rings (SSSR count). The highest BCUT2D eigenvalue weighted by Gasteiger charge is 2.17. The van der Waals surface area contributed by atoms with Crippen LogP contribution in [0.4, 0.5) is 0 Å². The van der Waals surface area contributed by atoms with E-state index in [2.05, 4.69) is 11.4 Å². The molecule has 0 aromatic carbocycles. The van der Waals surface area contributed by atoms with E-state index in [0.29, 0.717) is 6.04 Å². The molecule has 13 heavy (non-hydrogen) atoms. The summed E-state index contributed by atoms with van der Waals surface area (Å²) in [6, 6.07) is 2.39. The summed E-state index contributed by atoms with van der Waals surface area (Å²) in [5.41, 5.74) is 2.74. The molecule has 0 spiro atoms. The van der Waals surface area contributed by atoms with Crippen molar-refractivity contribution >= 4 is 0 Å². The van der Waals surface area contributed by atoms with Crippen LogP contribution in [0.25, 0.3) is 0 Å². The highest BCUT2D eigenvalue weighted by molar-refractivity contribution is 5.26. The van der Waals surface area contributed by atoms with Crippen LogP contribution in [0.2, 0.25) is 0 Å². The summed E-state index contributed by atoms with van der Waals surface area (Å²) in [6.45, 7) is 0.